The Kier molecular flexibility index (Phi) is 3.39. The summed E-state index contributed by atoms with van der Waals surface area (Å²) in [6.07, 6.45) is 0. The van der Waals surface area contributed by atoms with Gasteiger partial charge in [0.1, 0.15) is 11.2 Å². The number of hydrogen-bond acceptors (Lipinski definition) is 1. The van der Waals surface area contributed by atoms with E-state index >= 15 is 0 Å². The Hall–Kier alpha value is -5.22. The minimum atomic E-state index is 0.0505. The monoisotopic (exact) mass is 520 g/mol. The molecule has 5 heterocycles. The molecule has 188 valence electrons. The third kappa shape index (κ3) is 2.22. The van der Waals surface area contributed by atoms with E-state index in [0.29, 0.717) is 0 Å². The Bertz CT molecular complexity index is 2670. The van der Waals surface area contributed by atoms with Crippen molar-refractivity contribution in [2.45, 2.75) is 6.92 Å². The molecule has 0 amide bonds. The van der Waals surface area contributed by atoms with E-state index < -0.39 is 0 Å². The van der Waals surface area contributed by atoms with Crippen molar-refractivity contribution in [2.24, 2.45) is 0 Å². The molecule has 0 atom stereocenters. The molecule has 41 heavy (non-hydrogen) atoms. The molecule has 0 spiro atoms. The summed E-state index contributed by atoms with van der Waals surface area (Å²) in [5.74, 6) is 0. The van der Waals surface area contributed by atoms with Crippen molar-refractivity contribution < 1.29 is 4.42 Å². The van der Waals surface area contributed by atoms with E-state index in [-0.39, 0.29) is 6.85 Å². The highest BCUT2D eigenvalue weighted by Crippen LogP contribution is 2.47. The molecule has 0 saturated carbocycles. The number of aryl methyl sites for hydroxylation is 1. The summed E-state index contributed by atoms with van der Waals surface area (Å²) in [6.45, 7) is 2.29. The zero-order chi connectivity index (χ0) is 26.6. The topological polar surface area (TPSA) is 23.0 Å². The molecule has 0 radical (unpaired) electrons. The predicted octanol–water partition coefficient (Wildman–Crippen LogP) is 8.05. The molecular weight excluding hydrogens is 499 g/mol. The van der Waals surface area contributed by atoms with E-state index in [4.69, 9.17) is 4.42 Å². The van der Waals surface area contributed by atoms with E-state index in [0.717, 1.165) is 11.2 Å². The molecule has 0 saturated heterocycles. The van der Waals surface area contributed by atoms with Gasteiger partial charge in [0.25, 0.3) is 0 Å². The molecule has 11 rings (SSSR count). The molecule has 9 aromatic rings. The largest absolute Gasteiger partial charge is 0.456 e. The first-order chi connectivity index (χ1) is 20.3. The number of aromatic nitrogens is 2. The first kappa shape index (κ1) is 20.7. The van der Waals surface area contributed by atoms with Crippen molar-refractivity contribution in [1.29, 1.82) is 0 Å². The molecule has 3 nitrogen and oxygen atoms in total. The lowest BCUT2D eigenvalue weighted by Crippen LogP contribution is -2.55. The zero-order valence-electron chi connectivity index (χ0n) is 22.3. The first-order valence-corrected chi connectivity index (χ1v) is 14.3. The van der Waals surface area contributed by atoms with Crippen LogP contribution in [-0.2, 0) is 0 Å². The molecular formula is C37H21BN2O. The van der Waals surface area contributed by atoms with Crippen LogP contribution >= 0.6 is 0 Å². The highest BCUT2D eigenvalue weighted by atomic mass is 16.3. The summed E-state index contributed by atoms with van der Waals surface area (Å²) in [5, 5.41) is 7.63. The Morgan fingerprint density at radius 3 is 2.22 bits per heavy atom. The average molecular weight is 520 g/mol. The van der Waals surface area contributed by atoms with E-state index in [2.05, 4.69) is 125 Å². The maximum atomic E-state index is 6.63. The first-order valence-electron chi connectivity index (χ1n) is 14.3. The predicted molar refractivity (Wildman–Crippen MR) is 172 cm³/mol. The number of furan rings is 1. The molecule has 3 aromatic heterocycles. The van der Waals surface area contributed by atoms with Gasteiger partial charge in [-0.1, -0.05) is 84.4 Å². The highest BCUT2D eigenvalue weighted by molar-refractivity contribution is 6.90. The van der Waals surface area contributed by atoms with Crippen LogP contribution in [0, 0.1) is 6.92 Å². The third-order valence-electron chi connectivity index (χ3n) is 9.70. The SMILES string of the molecule is Cc1cc2c3c(c1)c1ccccc1n3-c1cc3oc4ccccc4c3c3c1B2n1c2ccccc2c2cccc-3c21. The minimum Gasteiger partial charge on any atom is -0.456 e. The molecule has 0 N–H and O–H groups in total. The maximum Gasteiger partial charge on any atom is 0.333 e. The van der Waals surface area contributed by atoms with Crippen molar-refractivity contribution in [1.82, 2.24) is 9.05 Å². The highest BCUT2D eigenvalue weighted by Gasteiger charge is 2.42. The van der Waals surface area contributed by atoms with Crippen molar-refractivity contribution in [3.8, 4) is 16.8 Å². The molecule has 4 heteroatoms. The molecule has 0 unspecified atom stereocenters. The maximum absolute atomic E-state index is 6.63. The Labute approximate surface area is 234 Å². The normalized spacial score (nSPS) is 13.4. The number of nitrogens with zero attached hydrogens (tertiary/aromatic N) is 2. The smallest absolute Gasteiger partial charge is 0.333 e. The summed E-state index contributed by atoms with van der Waals surface area (Å²) in [6, 6.07) is 40.3. The fourth-order valence-electron chi connectivity index (χ4n) is 8.31. The second-order valence-electron chi connectivity index (χ2n) is 11.8. The molecule has 0 bridgehead atoms. The molecule has 2 aliphatic rings. The fraction of sp³-hybridized carbons (Fsp3) is 0.0270. The van der Waals surface area contributed by atoms with Crippen molar-refractivity contribution in [3.63, 3.8) is 0 Å². The van der Waals surface area contributed by atoms with Crippen LogP contribution in [0.4, 0.5) is 0 Å². The van der Waals surface area contributed by atoms with E-state index in [9.17, 15) is 0 Å². The van der Waals surface area contributed by atoms with Gasteiger partial charge in [0.05, 0.1) is 11.0 Å². The van der Waals surface area contributed by atoms with Gasteiger partial charge in [-0.05, 0) is 47.7 Å². The van der Waals surface area contributed by atoms with Crippen LogP contribution in [-0.4, -0.2) is 15.9 Å². The molecule has 6 aromatic carbocycles. The fourth-order valence-corrected chi connectivity index (χ4v) is 8.31. The Morgan fingerprint density at radius 2 is 1.34 bits per heavy atom. The number of fused-ring (bicyclic) bond motifs is 14. The van der Waals surface area contributed by atoms with Crippen molar-refractivity contribution >= 4 is 83.3 Å². The van der Waals surface area contributed by atoms with Crippen LogP contribution in [0.5, 0.6) is 0 Å². The van der Waals surface area contributed by atoms with Crippen molar-refractivity contribution in [2.75, 3.05) is 0 Å². The van der Waals surface area contributed by atoms with Gasteiger partial charge in [-0.2, -0.15) is 0 Å². The quantitative estimate of drug-likeness (QED) is 0.186. The van der Waals surface area contributed by atoms with E-state index in [1.54, 1.807) is 0 Å². The number of hydrogen-bond donors (Lipinski definition) is 0. The van der Waals surface area contributed by atoms with Crippen LogP contribution in [0.25, 0.3) is 82.4 Å². The lowest BCUT2D eigenvalue weighted by atomic mass is 9.45. The standard InChI is InChI=1S/C37H21BN2O/c1-20-17-26-22-10-2-5-14-28(22)39-30-19-32-33(24-11-4-7-16-31(24)41-32)34-25-13-8-12-23-21-9-3-6-15-29(21)40(36(23)25)38(35(30)34)27(18-20)37(26)39/h2-19H,1H3. The van der Waals surface area contributed by atoms with E-state index in [1.165, 1.54) is 87.7 Å². The van der Waals surface area contributed by atoms with Gasteiger partial charge in [0.15, 0.2) is 0 Å². The molecule has 0 aliphatic carbocycles. The molecule has 0 fully saturated rings. The summed E-state index contributed by atoms with van der Waals surface area (Å²) in [7, 11) is 0. The average Bonchev–Trinajstić information content (AvgIpc) is 3.66. The summed E-state index contributed by atoms with van der Waals surface area (Å²) in [4.78, 5) is 0. The van der Waals surface area contributed by atoms with Gasteiger partial charge in [-0.15, -0.1) is 0 Å². The molecule has 2 aliphatic heterocycles. The number of para-hydroxylation sites is 4. The summed E-state index contributed by atoms with van der Waals surface area (Å²) < 4.78 is 11.8. The van der Waals surface area contributed by atoms with Crippen LogP contribution in [0.1, 0.15) is 5.56 Å². The minimum absolute atomic E-state index is 0.0505. The Balaban J connectivity index is 1.50. The number of rotatable bonds is 0. The summed E-state index contributed by atoms with van der Waals surface area (Å²) in [5.41, 5.74) is 14.9. The summed E-state index contributed by atoms with van der Waals surface area (Å²) >= 11 is 0. The van der Waals surface area contributed by atoms with Gasteiger partial charge in [-0.25, -0.2) is 0 Å². The van der Waals surface area contributed by atoms with Gasteiger partial charge in [-0.3, -0.25) is 0 Å². The number of benzene rings is 6. The van der Waals surface area contributed by atoms with Crippen molar-refractivity contribution in [3.05, 3.63) is 115 Å². The lowest BCUT2D eigenvalue weighted by molar-refractivity contribution is 0.669. The Morgan fingerprint density at radius 1 is 0.610 bits per heavy atom. The second kappa shape index (κ2) is 6.73. The van der Waals surface area contributed by atoms with Crippen LogP contribution < -0.4 is 10.9 Å². The second-order valence-corrected chi connectivity index (χ2v) is 11.8. The lowest BCUT2D eigenvalue weighted by Gasteiger charge is -2.34. The van der Waals surface area contributed by atoms with Gasteiger partial charge < -0.3 is 13.5 Å². The van der Waals surface area contributed by atoms with Gasteiger partial charge in [0.2, 0.25) is 0 Å². The van der Waals surface area contributed by atoms with E-state index in [1.807, 2.05) is 0 Å². The van der Waals surface area contributed by atoms with Gasteiger partial charge >= 0.3 is 6.85 Å². The van der Waals surface area contributed by atoms with Crippen LogP contribution in [0.15, 0.2) is 114 Å². The van der Waals surface area contributed by atoms with Crippen LogP contribution in [0.2, 0.25) is 0 Å². The third-order valence-corrected chi connectivity index (χ3v) is 9.70. The van der Waals surface area contributed by atoms with Gasteiger partial charge in [0, 0.05) is 60.7 Å². The zero-order valence-corrected chi connectivity index (χ0v) is 22.3. The van der Waals surface area contributed by atoms with Crippen LogP contribution in [0.3, 0.4) is 0 Å².